The number of aliphatic imine (C=N–C) groups is 1. The molecule has 0 radical (unpaired) electrons. The molecule has 1 heterocycles. The number of esters is 1. The van der Waals surface area contributed by atoms with Gasteiger partial charge in [-0.25, -0.2) is 9.79 Å². The van der Waals surface area contributed by atoms with Crippen molar-refractivity contribution in [3.63, 3.8) is 0 Å². The summed E-state index contributed by atoms with van der Waals surface area (Å²) in [5, 5.41) is 20.9. The van der Waals surface area contributed by atoms with E-state index < -0.39 is 5.97 Å². The van der Waals surface area contributed by atoms with E-state index >= 15 is 0 Å². The maximum absolute atomic E-state index is 12.3. The number of halogens is 1. The van der Waals surface area contributed by atoms with Gasteiger partial charge in [-0.3, -0.25) is 0 Å². The van der Waals surface area contributed by atoms with Crippen LogP contribution in [0.4, 0.5) is 5.69 Å². The molecule has 0 bridgehead atoms. The van der Waals surface area contributed by atoms with E-state index in [2.05, 4.69) is 4.99 Å². The Kier molecular flexibility index (Phi) is 5.88. The lowest BCUT2D eigenvalue weighted by Gasteiger charge is -2.03. The van der Waals surface area contributed by atoms with Crippen molar-refractivity contribution in [1.82, 2.24) is 0 Å². The number of nitrogens with zero attached hydrogens (tertiary/aromatic N) is 1. The molecule has 138 valence electrons. The third-order valence-electron chi connectivity index (χ3n) is 3.62. The Labute approximate surface area is 165 Å². The van der Waals surface area contributed by atoms with Crippen LogP contribution in [0.2, 0.25) is 5.02 Å². The zero-order valence-corrected chi connectivity index (χ0v) is 15.9. The first kappa shape index (κ1) is 19.1. The van der Waals surface area contributed by atoms with Crippen molar-refractivity contribution < 1.29 is 19.7 Å². The predicted octanol–water partition coefficient (Wildman–Crippen LogP) is 5.24. The van der Waals surface area contributed by atoms with Gasteiger partial charge in [0.2, 0.25) is 0 Å². The van der Waals surface area contributed by atoms with Crippen LogP contribution in [0, 0.1) is 0 Å². The lowest BCUT2D eigenvalue weighted by atomic mass is 10.1. The smallest absolute Gasteiger partial charge is 0.344 e. The number of aliphatic hydroxyl groups is 1. The van der Waals surface area contributed by atoms with Crippen molar-refractivity contribution in [3.05, 3.63) is 75.4 Å². The molecule has 2 N–H and O–H groups in total. The molecule has 27 heavy (non-hydrogen) atoms. The number of rotatable bonds is 4. The SMILES string of the molecule is CCOC(=O)C1=C(O)/C(=C\c2ccc(O)cc2)SC1=Nc1ccc(Cl)cc1. The third-order valence-corrected chi connectivity index (χ3v) is 4.89. The summed E-state index contributed by atoms with van der Waals surface area (Å²) >= 11 is 7.06. The molecule has 0 aromatic heterocycles. The second kappa shape index (κ2) is 8.33. The van der Waals surface area contributed by atoms with Crippen molar-refractivity contribution in [2.24, 2.45) is 4.99 Å². The van der Waals surface area contributed by atoms with Crippen LogP contribution >= 0.6 is 23.4 Å². The number of aromatic hydroxyl groups is 1. The van der Waals surface area contributed by atoms with E-state index in [4.69, 9.17) is 16.3 Å². The van der Waals surface area contributed by atoms with Gasteiger partial charge in [-0.1, -0.05) is 35.5 Å². The topological polar surface area (TPSA) is 79.1 Å². The van der Waals surface area contributed by atoms with E-state index in [0.717, 1.165) is 5.56 Å². The lowest BCUT2D eigenvalue weighted by Crippen LogP contribution is -2.12. The first-order valence-corrected chi connectivity index (χ1v) is 9.31. The van der Waals surface area contributed by atoms with Crippen molar-refractivity contribution in [2.45, 2.75) is 6.92 Å². The van der Waals surface area contributed by atoms with Gasteiger partial charge in [0.25, 0.3) is 0 Å². The Hall–Kier alpha value is -2.70. The number of hydrogen-bond donors (Lipinski definition) is 2. The standard InChI is InChI=1S/C20H16ClNO4S/c1-2-26-20(25)17-18(24)16(11-12-3-9-15(23)10-4-12)27-19(17)22-14-7-5-13(21)6-8-14/h3-11,23-24H,2H2,1H3/b16-11+,22-19?. The van der Waals surface area contributed by atoms with Crippen molar-refractivity contribution in [2.75, 3.05) is 6.61 Å². The van der Waals surface area contributed by atoms with Gasteiger partial charge < -0.3 is 14.9 Å². The molecule has 7 heteroatoms. The summed E-state index contributed by atoms with van der Waals surface area (Å²) in [6.45, 7) is 1.88. The number of thioether (sulfide) groups is 1. The minimum absolute atomic E-state index is 0.0295. The van der Waals surface area contributed by atoms with Crippen LogP contribution in [0.3, 0.4) is 0 Å². The van der Waals surface area contributed by atoms with Crippen molar-refractivity contribution in [1.29, 1.82) is 0 Å². The summed E-state index contributed by atoms with van der Waals surface area (Å²) in [6, 6.07) is 13.3. The number of aliphatic hydroxyl groups excluding tert-OH is 1. The molecule has 2 aromatic carbocycles. The van der Waals surface area contributed by atoms with Crippen LogP contribution in [-0.2, 0) is 9.53 Å². The van der Waals surface area contributed by atoms with Crippen molar-refractivity contribution in [3.8, 4) is 5.75 Å². The highest BCUT2D eigenvalue weighted by molar-refractivity contribution is 8.18. The number of phenols is 1. The van der Waals surface area contributed by atoms with Gasteiger partial charge >= 0.3 is 5.97 Å². The normalized spacial score (nSPS) is 17.0. The Morgan fingerprint density at radius 1 is 1.15 bits per heavy atom. The summed E-state index contributed by atoms with van der Waals surface area (Å²) in [7, 11) is 0. The Morgan fingerprint density at radius 3 is 2.44 bits per heavy atom. The zero-order chi connectivity index (χ0) is 19.4. The Balaban J connectivity index is 2.02. The van der Waals surface area contributed by atoms with Crippen LogP contribution in [0.5, 0.6) is 5.75 Å². The molecule has 0 atom stereocenters. The van der Waals surface area contributed by atoms with E-state index in [-0.39, 0.29) is 23.7 Å². The summed E-state index contributed by atoms with van der Waals surface area (Å²) in [5.41, 5.74) is 1.39. The lowest BCUT2D eigenvalue weighted by molar-refractivity contribution is -0.138. The number of carbonyl (C=O) groups excluding carboxylic acids is 1. The highest BCUT2D eigenvalue weighted by Gasteiger charge is 2.33. The third kappa shape index (κ3) is 4.53. The number of ether oxygens (including phenoxy) is 1. The van der Waals surface area contributed by atoms with Gasteiger partial charge in [-0.2, -0.15) is 0 Å². The molecular weight excluding hydrogens is 386 g/mol. The molecule has 0 amide bonds. The molecule has 0 aliphatic carbocycles. The minimum Gasteiger partial charge on any atom is -0.508 e. The molecular formula is C20H16ClNO4S. The molecule has 0 saturated heterocycles. The van der Waals surface area contributed by atoms with Gasteiger partial charge in [0.1, 0.15) is 22.1 Å². The van der Waals surface area contributed by atoms with Crippen LogP contribution in [0.1, 0.15) is 12.5 Å². The number of phenolic OH excluding ortho intramolecular Hbond substituents is 1. The maximum atomic E-state index is 12.3. The molecule has 0 unspecified atom stereocenters. The van der Waals surface area contributed by atoms with E-state index in [1.165, 1.54) is 11.8 Å². The monoisotopic (exact) mass is 401 g/mol. The molecule has 5 nitrogen and oxygen atoms in total. The van der Waals surface area contributed by atoms with E-state index in [1.54, 1.807) is 61.5 Å². The van der Waals surface area contributed by atoms with Gasteiger partial charge in [0, 0.05) is 5.02 Å². The fourth-order valence-electron chi connectivity index (χ4n) is 2.35. The fourth-order valence-corrected chi connectivity index (χ4v) is 3.51. The van der Waals surface area contributed by atoms with Crippen LogP contribution < -0.4 is 0 Å². The Morgan fingerprint density at radius 2 is 1.81 bits per heavy atom. The summed E-state index contributed by atoms with van der Waals surface area (Å²) < 4.78 is 5.07. The van der Waals surface area contributed by atoms with E-state index in [1.807, 2.05) is 0 Å². The number of carbonyl (C=O) groups is 1. The van der Waals surface area contributed by atoms with E-state index in [0.29, 0.717) is 20.7 Å². The summed E-state index contributed by atoms with van der Waals surface area (Å²) in [6.07, 6.45) is 1.71. The average molecular weight is 402 g/mol. The minimum atomic E-state index is -0.635. The highest BCUT2D eigenvalue weighted by Crippen LogP contribution is 2.40. The van der Waals surface area contributed by atoms with Crippen LogP contribution in [-0.4, -0.2) is 27.8 Å². The van der Waals surface area contributed by atoms with Crippen molar-refractivity contribution >= 4 is 46.1 Å². The van der Waals surface area contributed by atoms with Gasteiger partial charge in [0.15, 0.2) is 0 Å². The molecule has 2 aromatic rings. The quantitative estimate of drug-likeness (QED) is 0.685. The molecule has 0 saturated carbocycles. The van der Waals surface area contributed by atoms with E-state index in [9.17, 15) is 15.0 Å². The van der Waals surface area contributed by atoms with Gasteiger partial charge in [-0.15, -0.1) is 0 Å². The molecule has 1 aliphatic rings. The molecule has 0 spiro atoms. The summed E-state index contributed by atoms with van der Waals surface area (Å²) in [4.78, 5) is 17.3. The average Bonchev–Trinajstić information content (AvgIpc) is 2.94. The second-order valence-electron chi connectivity index (χ2n) is 5.54. The maximum Gasteiger partial charge on any atom is 0.344 e. The van der Waals surface area contributed by atoms with Crippen LogP contribution in [0.15, 0.2) is 69.8 Å². The second-order valence-corrected chi connectivity index (χ2v) is 7.01. The van der Waals surface area contributed by atoms with Crippen LogP contribution in [0.25, 0.3) is 6.08 Å². The Bertz CT molecular complexity index is 947. The fraction of sp³-hybridized carbons (Fsp3) is 0.100. The van der Waals surface area contributed by atoms with Gasteiger partial charge in [-0.05, 0) is 55.0 Å². The van der Waals surface area contributed by atoms with Gasteiger partial charge in [0.05, 0.1) is 17.2 Å². The first-order chi connectivity index (χ1) is 13.0. The molecule has 0 fully saturated rings. The summed E-state index contributed by atoms with van der Waals surface area (Å²) in [5.74, 6) is -0.670. The number of hydrogen-bond acceptors (Lipinski definition) is 6. The first-order valence-electron chi connectivity index (χ1n) is 8.12. The largest absolute Gasteiger partial charge is 0.508 e. The predicted molar refractivity (Wildman–Crippen MR) is 109 cm³/mol. The number of benzene rings is 2. The zero-order valence-electron chi connectivity index (χ0n) is 14.3. The molecule has 3 rings (SSSR count). The highest BCUT2D eigenvalue weighted by atomic mass is 35.5. The molecule has 1 aliphatic heterocycles.